The molecule has 1 atom stereocenters. The van der Waals surface area contributed by atoms with Gasteiger partial charge < -0.3 is 10.1 Å². The minimum Gasteiger partial charge on any atom is -0.379 e. The Morgan fingerprint density at radius 1 is 1.21 bits per heavy atom. The van der Waals surface area contributed by atoms with E-state index in [1.807, 2.05) is 13.2 Å². The third kappa shape index (κ3) is 3.52. The fourth-order valence-electron chi connectivity index (χ4n) is 3.64. The molecule has 24 heavy (non-hydrogen) atoms. The van der Waals surface area contributed by atoms with Crippen LogP contribution in [-0.2, 0) is 11.8 Å². The van der Waals surface area contributed by atoms with E-state index < -0.39 is 0 Å². The number of fused-ring (bicyclic) bond motifs is 1. The Kier molecular flexibility index (Phi) is 5.63. The lowest BCUT2D eigenvalue weighted by Crippen LogP contribution is -2.50. The van der Waals surface area contributed by atoms with Crippen molar-refractivity contribution in [3.63, 3.8) is 0 Å². The number of hydrogen-bond acceptors (Lipinski definition) is 6. The van der Waals surface area contributed by atoms with Gasteiger partial charge in [-0.05, 0) is 5.92 Å². The van der Waals surface area contributed by atoms with Crippen LogP contribution in [-0.4, -0.2) is 63.5 Å². The van der Waals surface area contributed by atoms with E-state index in [9.17, 15) is 0 Å². The summed E-state index contributed by atoms with van der Waals surface area (Å²) in [6.45, 7) is 9.13. The zero-order valence-corrected chi connectivity index (χ0v) is 14.9. The molecule has 0 amide bonds. The van der Waals surface area contributed by atoms with Gasteiger partial charge in [-0.2, -0.15) is 5.10 Å². The van der Waals surface area contributed by atoms with E-state index in [0.717, 1.165) is 49.7 Å². The molecule has 0 radical (unpaired) electrons. The molecule has 1 aliphatic heterocycles. The Hall–Kier alpha value is -1.73. The van der Waals surface area contributed by atoms with Crippen molar-refractivity contribution in [1.82, 2.24) is 24.6 Å². The standard InChI is InChI=1S/C17H28N6O/c1-4-13(5-2)15(23-6-8-24-9-7-23)11-18-16-14-10-21-22(3)17(14)20-12-19-16/h10,12-13,15H,4-9,11H2,1-3H3,(H,18,19,20). The molecule has 0 bridgehead atoms. The zero-order valence-electron chi connectivity index (χ0n) is 14.9. The fourth-order valence-corrected chi connectivity index (χ4v) is 3.64. The lowest BCUT2D eigenvalue weighted by Gasteiger charge is -2.39. The SMILES string of the molecule is CCC(CC)C(CNc1ncnc2c1cnn2C)N1CCOCC1. The lowest BCUT2D eigenvalue weighted by molar-refractivity contribution is 0.00488. The van der Waals surface area contributed by atoms with Gasteiger partial charge in [-0.3, -0.25) is 9.58 Å². The first-order chi connectivity index (χ1) is 11.7. The summed E-state index contributed by atoms with van der Waals surface area (Å²) >= 11 is 0. The average molecular weight is 332 g/mol. The molecule has 1 N–H and O–H groups in total. The second kappa shape index (κ2) is 7.90. The van der Waals surface area contributed by atoms with Crippen LogP contribution in [0.3, 0.4) is 0 Å². The van der Waals surface area contributed by atoms with E-state index in [0.29, 0.717) is 12.0 Å². The Labute approximate surface area is 143 Å². The van der Waals surface area contributed by atoms with Crippen molar-refractivity contribution in [2.24, 2.45) is 13.0 Å². The number of aromatic nitrogens is 4. The predicted octanol–water partition coefficient (Wildman–Crippen LogP) is 1.91. The van der Waals surface area contributed by atoms with Crippen LogP contribution in [0.25, 0.3) is 11.0 Å². The molecule has 3 heterocycles. The fraction of sp³-hybridized carbons (Fsp3) is 0.706. The Morgan fingerprint density at radius 2 is 1.96 bits per heavy atom. The Balaban J connectivity index is 1.76. The first kappa shape index (κ1) is 17.1. The van der Waals surface area contributed by atoms with Gasteiger partial charge in [-0.25, -0.2) is 9.97 Å². The number of ether oxygens (including phenoxy) is 1. The van der Waals surface area contributed by atoms with E-state index in [1.54, 1.807) is 11.0 Å². The van der Waals surface area contributed by atoms with E-state index in [1.165, 1.54) is 12.8 Å². The minimum absolute atomic E-state index is 0.491. The summed E-state index contributed by atoms with van der Waals surface area (Å²) in [6, 6.07) is 0.491. The highest BCUT2D eigenvalue weighted by Gasteiger charge is 2.27. The van der Waals surface area contributed by atoms with Gasteiger partial charge in [0.15, 0.2) is 5.65 Å². The zero-order chi connectivity index (χ0) is 16.9. The molecule has 1 saturated heterocycles. The number of nitrogens with one attached hydrogen (secondary N) is 1. The highest BCUT2D eigenvalue weighted by molar-refractivity contribution is 5.85. The van der Waals surface area contributed by atoms with Crippen LogP contribution in [0.1, 0.15) is 26.7 Å². The van der Waals surface area contributed by atoms with Gasteiger partial charge in [0.25, 0.3) is 0 Å². The topological polar surface area (TPSA) is 68.1 Å². The third-order valence-corrected chi connectivity index (χ3v) is 5.12. The van der Waals surface area contributed by atoms with Crippen LogP contribution < -0.4 is 5.32 Å². The average Bonchev–Trinajstić information content (AvgIpc) is 3.01. The summed E-state index contributed by atoms with van der Waals surface area (Å²) in [6.07, 6.45) is 5.81. The maximum Gasteiger partial charge on any atom is 0.163 e. The molecule has 0 spiro atoms. The first-order valence-electron chi connectivity index (χ1n) is 8.93. The van der Waals surface area contributed by atoms with Crippen molar-refractivity contribution in [3.8, 4) is 0 Å². The molecule has 3 rings (SSSR count). The highest BCUT2D eigenvalue weighted by Crippen LogP contribution is 2.22. The van der Waals surface area contributed by atoms with Crippen LogP contribution in [0.2, 0.25) is 0 Å². The molecule has 0 aromatic carbocycles. The van der Waals surface area contributed by atoms with Gasteiger partial charge in [0, 0.05) is 32.7 Å². The summed E-state index contributed by atoms with van der Waals surface area (Å²) in [5.41, 5.74) is 0.859. The van der Waals surface area contributed by atoms with Gasteiger partial charge in [0.05, 0.1) is 24.8 Å². The second-order valence-corrected chi connectivity index (χ2v) is 6.40. The molecule has 2 aromatic rings. The number of aryl methyl sites for hydroxylation is 1. The van der Waals surface area contributed by atoms with Crippen LogP contribution >= 0.6 is 0 Å². The smallest absolute Gasteiger partial charge is 0.163 e. The molecule has 1 aliphatic rings. The summed E-state index contributed by atoms with van der Waals surface area (Å²) in [5, 5.41) is 8.83. The quantitative estimate of drug-likeness (QED) is 0.835. The molecular formula is C17H28N6O. The molecule has 2 aromatic heterocycles. The van der Waals surface area contributed by atoms with E-state index in [2.05, 4.69) is 39.1 Å². The molecule has 1 unspecified atom stereocenters. The van der Waals surface area contributed by atoms with Gasteiger partial charge in [-0.15, -0.1) is 0 Å². The molecule has 0 aliphatic carbocycles. The highest BCUT2D eigenvalue weighted by atomic mass is 16.5. The molecule has 0 saturated carbocycles. The minimum atomic E-state index is 0.491. The van der Waals surface area contributed by atoms with Crippen LogP contribution in [0.5, 0.6) is 0 Å². The monoisotopic (exact) mass is 332 g/mol. The van der Waals surface area contributed by atoms with Gasteiger partial charge >= 0.3 is 0 Å². The van der Waals surface area contributed by atoms with Gasteiger partial charge in [-0.1, -0.05) is 26.7 Å². The number of morpholine rings is 1. The summed E-state index contributed by atoms with van der Waals surface area (Å²) in [5.74, 6) is 1.54. The summed E-state index contributed by atoms with van der Waals surface area (Å²) < 4.78 is 7.31. The largest absolute Gasteiger partial charge is 0.379 e. The molecular weight excluding hydrogens is 304 g/mol. The number of anilines is 1. The number of rotatable bonds is 7. The summed E-state index contributed by atoms with van der Waals surface area (Å²) in [7, 11) is 1.90. The van der Waals surface area contributed by atoms with E-state index >= 15 is 0 Å². The Morgan fingerprint density at radius 3 is 2.67 bits per heavy atom. The van der Waals surface area contributed by atoms with Gasteiger partial charge in [0.1, 0.15) is 12.1 Å². The number of nitrogens with zero attached hydrogens (tertiary/aromatic N) is 5. The molecule has 7 nitrogen and oxygen atoms in total. The normalized spacial score (nSPS) is 17.5. The molecule has 1 fully saturated rings. The maximum atomic E-state index is 5.53. The van der Waals surface area contributed by atoms with Crippen LogP contribution in [0.4, 0.5) is 5.82 Å². The maximum absolute atomic E-state index is 5.53. The van der Waals surface area contributed by atoms with Crippen molar-refractivity contribution >= 4 is 16.9 Å². The lowest BCUT2D eigenvalue weighted by atomic mass is 9.92. The third-order valence-electron chi connectivity index (χ3n) is 5.12. The van der Waals surface area contributed by atoms with Crippen molar-refractivity contribution in [2.45, 2.75) is 32.7 Å². The Bertz CT molecular complexity index is 648. The summed E-state index contributed by atoms with van der Waals surface area (Å²) in [4.78, 5) is 11.3. The van der Waals surface area contributed by atoms with E-state index in [4.69, 9.17) is 4.74 Å². The van der Waals surface area contributed by atoms with E-state index in [-0.39, 0.29) is 0 Å². The first-order valence-corrected chi connectivity index (χ1v) is 8.93. The van der Waals surface area contributed by atoms with Crippen LogP contribution in [0, 0.1) is 5.92 Å². The van der Waals surface area contributed by atoms with Crippen molar-refractivity contribution in [1.29, 1.82) is 0 Å². The molecule has 7 heteroatoms. The molecule has 132 valence electrons. The predicted molar refractivity (Wildman–Crippen MR) is 95.0 cm³/mol. The van der Waals surface area contributed by atoms with Crippen molar-refractivity contribution in [2.75, 3.05) is 38.2 Å². The van der Waals surface area contributed by atoms with Crippen molar-refractivity contribution in [3.05, 3.63) is 12.5 Å². The number of hydrogen-bond donors (Lipinski definition) is 1. The second-order valence-electron chi connectivity index (χ2n) is 6.40. The van der Waals surface area contributed by atoms with Gasteiger partial charge in [0.2, 0.25) is 0 Å². The van der Waals surface area contributed by atoms with Crippen LogP contribution in [0.15, 0.2) is 12.5 Å². The van der Waals surface area contributed by atoms with Crippen molar-refractivity contribution < 1.29 is 4.74 Å².